The van der Waals surface area contributed by atoms with Crippen molar-refractivity contribution in [2.24, 2.45) is 5.73 Å². The molecule has 0 radical (unpaired) electrons. The molecule has 2 aromatic rings. The van der Waals surface area contributed by atoms with Gasteiger partial charge in [0.1, 0.15) is 0 Å². The van der Waals surface area contributed by atoms with Crippen molar-refractivity contribution in [3.8, 4) is 11.3 Å². The second-order valence-corrected chi connectivity index (χ2v) is 5.62. The molecule has 1 aromatic heterocycles. The van der Waals surface area contributed by atoms with Crippen LogP contribution >= 0.6 is 0 Å². The van der Waals surface area contributed by atoms with Gasteiger partial charge in [-0.05, 0) is 36.1 Å². The average Bonchev–Trinajstić information content (AvgIpc) is 2.94. The summed E-state index contributed by atoms with van der Waals surface area (Å²) in [5.41, 5.74) is 10.2. The Morgan fingerprint density at radius 3 is 2.62 bits per heavy atom. The van der Waals surface area contributed by atoms with Gasteiger partial charge in [0.25, 0.3) is 0 Å². The Kier molecular flexibility index (Phi) is 3.80. The summed E-state index contributed by atoms with van der Waals surface area (Å²) in [5.74, 6) is 0. The van der Waals surface area contributed by atoms with Gasteiger partial charge in [0.05, 0.1) is 5.69 Å². The maximum absolute atomic E-state index is 11.6. The molecule has 1 saturated heterocycles. The number of hydrogen-bond donors (Lipinski definition) is 2. The lowest BCUT2D eigenvalue weighted by Crippen LogP contribution is -2.26. The maximum atomic E-state index is 11.6. The van der Waals surface area contributed by atoms with Crippen LogP contribution in [-0.4, -0.2) is 24.1 Å². The summed E-state index contributed by atoms with van der Waals surface area (Å²) in [4.78, 5) is 16.8. The van der Waals surface area contributed by atoms with Gasteiger partial charge in [-0.2, -0.15) is 0 Å². The van der Waals surface area contributed by atoms with Crippen LogP contribution < -0.4 is 16.2 Å². The Labute approximate surface area is 124 Å². The molecule has 1 aliphatic heterocycles. The molecule has 3 rings (SSSR count). The predicted octanol–water partition coefficient (Wildman–Crippen LogP) is 2.14. The zero-order valence-electron chi connectivity index (χ0n) is 12.3. The van der Waals surface area contributed by atoms with Gasteiger partial charge in [-0.25, -0.2) is 0 Å². The number of hydrogen-bond acceptors (Lipinski definition) is 3. The number of nitrogens with two attached hydrogens (primary N) is 1. The van der Waals surface area contributed by atoms with Gasteiger partial charge < -0.3 is 15.6 Å². The fourth-order valence-electron chi connectivity index (χ4n) is 2.92. The van der Waals surface area contributed by atoms with E-state index in [0.717, 1.165) is 42.8 Å². The third-order valence-electron chi connectivity index (χ3n) is 4.13. The zero-order valence-corrected chi connectivity index (χ0v) is 12.3. The highest BCUT2D eigenvalue weighted by Crippen LogP contribution is 2.25. The Balaban J connectivity index is 1.91. The molecule has 0 spiro atoms. The standard InChI is InChI=1S/C17H21N3O/c1-2-12-5-8-16(21)19-17(12)13-3-6-15(7-4-13)20-10-9-14(18)11-20/h3-8,14H,2,9-11,18H2,1H3,(H,19,21)/t14-/m0/s1. The molecule has 1 aliphatic rings. The molecular weight excluding hydrogens is 262 g/mol. The van der Waals surface area contributed by atoms with E-state index in [1.807, 2.05) is 6.07 Å². The Bertz CT molecular complexity index is 675. The summed E-state index contributed by atoms with van der Waals surface area (Å²) in [6, 6.07) is 12.1. The summed E-state index contributed by atoms with van der Waals surface area (Å²) in [6.45, 7) is 4.03. The van der Waals surface area contributed by atoms with Crippen LogP contribution in [0.3, 0.4) is 0 Å². The van der Waals surface area contributed by atoms with E-state index < -0.39 is 0 Å². The molecule has 21 heavy (non-hydrogen) atoms. The first-order chi connectivity index (χ1) is 10.2. The van der Waals surface area contributed by atoms with Crippen molar-refractivity contribution in [2.75, 3.05) is 18.0 Å². The highest BCUT2D eigenvalue weighted by molar-refractivity contribution is 5.66. The molecule has 1 fully saturated rings. The third-order valence-corrected chi connectivity index (χ3v) is 4.13. The maximum Gasteiger partial charge on any atom is 0.248 e. The molecular formula is C17H21N3O. The topological polar surface area (TPSA) is 62.1 Å². The lowest BCUT2D eigenvalue weighted by atomic mass is 10.0. The molecule has 3 N–H and O–H groups in total. The van der Waals surface area contributed by atoms with E-state index in [-0.39, 0.29) is 11.6 Å². The minimum Gasteiger partial charge on any atom is -0.370 e. The largest absolute Gasteiger partial charge is 0.370 e. The highest BCUT2D eigenvalue weighted by Gasteiger charge is 2.19. The zero-order chi connectivity index (χ0) is 14.8. The predicted molar refractivity (Wildman–Crippen MR) is 86.7 cm³/mol. The molecule has 110 valence electrons. The van der Waals surface area contributed by atoms with Crippen LogP contribution in [-0.2, 0) is 6.42 Å². The van der Waals surface area contributed by atoms with Gasteiger partial charge in [-0.3, -0.25) is 4.79 Å². The number of H-pyrrole nitrogens is 1. The van der Waals surface area contributed by atoms with Gasteiger partial charge in [0.15, 0.2) is 0 Å². The lowest BCUT2D eigenvalue weighted by Gasteiger charge is -2.18. The molecule has 0 aliphatic carbocycles. The summed E-state index contributed by atoms with van der Waals surface area (Å²) in [7, 11) is 0. The third kappa shape index (κ3) is 2.85. The van der Waals surface area contributed by atoms with Gasteiger partial charge in [-0.15, -0.1) is 0 Å². The van der Waals surface area contributed by atoms with Crippen LogP contribution in [0, 0.1) is 0 Å². The van der Waals surface area contributed by atoms with Crippen LogP contribution in [0.2, 0.25) is 0 Å². The van der Waals surface area contributed by atoms with Crippen molar-refractivity contribution in [1.29, 1.82) is 0 Å². The van der Waals surface area contributed by atoms with Gasteiger partial charge >= 0.3 is 0 Å². The minimum atomic E-state index is -0.0585. The monoisotopic (exact) mass is 283 g/mol. The van der Waals surface area contributed by atoms with Crippen molar-refractivity contribution in [1.82, 2.24) is 4.98 Å². The number of aryl methyl sites for hydroxylation is 1. The van der Waals surface area contributed by atoms with E-state index in [1.165, 1.54) is 5.69 Å². The quantitative estimate of drug-likeness (QED) is 0.907. The number of aromatic amines is 1. The van der Waals surface area contributed by atoms with E-state index in [1.54, 1.807) is 6.07 Å². The molecule has 2 heterocycles. The van der Waals surface area contributed by atoms with Gasteiger partial charge in [0.2, 0.25) is 5.56 Å². The molecule has 1 aromatic carbocycles. The van der Waals surface area contributed by atoms with Crippen molar-refractivity contribution >= 4 is 5.69 Å². The van der Waals surface area contributed by atoms with Crippen molar-refractivity contribution < 1.29 is 0 Å². The van der Waals surface area contributed by atoms with Crippen molar-refractivity contribution in [3.05, 3.63) is 52.3 Å². The molecule has 0 bridgehead atoms. The second-order valence-electron chi connectivity index (χ2n) is 5.62. The van der Waals surface area contributed by atoms with Crippen molar-refractivity contribution in [2.45, 2.75) is 25.8 Å². The molecule has 0 unspecified atom stereocenters. The second kappa shape index (κ2) is 5.74. The number of rotatable bonds is 3. The summed E-state index contributed by atoms with van der Waals surface area (Å²) < 4.78 is 0. The van der Waals surface area contributed by atoms with Gasteiger partial charge in [0, 0.05) is 30.9 Å². The SMILES string of the molecule is CCc1ccc(=O)[nH]c1-c1ccc(N2CC[C@H](N)C2)cc1. The number of anilines is 1. The van der Waals surface area contributed by atoms with E-state index in [4.69, 9.17) is 5.73 Å². The number of nitrogens with zero attached hydrogens (tertiary/aromatic N) is 1. The summed E-state index contributed by atoms with van der Waals surface area (Å²) >= 11 is 0. The van der Waals surface area contributed by atoms with Crippen LogP contribution in [0.4, 0.5) is 5.69 Å². The molecule has 0 saturated carbocycles. The number of nitrogens with one attached hydrogen (secondary N) is 1. The Morgan fingerprint density at radius 2 is 2.00 bits per heavy atom. The van der Waals surface area contributed by atoms with E-state index >= 15 is 0 Å². The number of benzene rings is 1. The van der Waals surface area contributed by atoms with E-state index in [0.29, 0.717) is 0 Å². The first-order valence-electron chi connectivity index (χ1n) is 7.50. The smallest absolute Gasteiger partial charge is 0.248 e. The van der Waals surface area contributed by atoms with Crippen molar-refractivity contribution in [3.63, 3.8) is 0 Å². The number of aromatic nitrogens is 1. The molecule has 4 heteroatoms. The van der Waals surface area contributed by atoms with Crippen LogP contribution in [0.1, 0.15) is 18.9 Å². The highest BCUT2D eigenvalue weighted by atomic mass is 16.1. The van der Waals surface area contributed by atoms with Crippen LogP contribution in [0.25, 0.3) is 11.3 Å². The molecule has 4 nitrogen and oxygen atoms in total. The minimum absolute atomic E-state index is 0.0585. The Morgan fingerprint density at radius 1 is 1.24 bits per heavy atom. The average molecular weight is 283 g/mol. The van der Waals surface area contributed by atoms with Gasteiger partial charge in [-0.1, -0.05) is 25.1 Å². The Hall–Kier alpha value is -2.07. The fraction of sp³-hybridized carbons (Fsp3) is 0.353. The number of pyridine rings is 1. The van der Waals surface area contributed by atoms with Crippen LogP contribution in [0.5, 0.6) is 0 Å². The normalized spacial score (nSPS) is 18.2. The first-order valence-corrected chi connectivity index (χ1v) is 7.50. The molecule has 1 atom stereocenters. The fourth-order valence-corrected chi connectivity index (χ4v) is 2.92. The summed E-state index contributed by atoms with van der Waals surface area (Å²) in [5, 5.41) is 0. The lowest BCUT2D eigenvalue weighted by molar-refractivity contribution is 0.752. The summed E-state index contributed by atoms with van der Waals surface area (Å²) in [6.07, 6.45) is 1.95. The molecule has 0 amide bonds. The van der Waals surface area contributed by atoms with E-state index in [9.17, 15) is 4.79 Å². The van der Waals surface area contributed by atoms with Crippen LogP contribution in [0.15, 0.2) is 41.2 Å². The first kappa shape index (κ1) is 13.9. The van der Waals surface area contributed by atoms with E-state index in [2.05, 4.69) is 41.1 Å².